The van der Waals surface area contributed by atoms with Crippen LogP contribution in [-0.2, 0) is 6.54 Å². The Labute approximate surface area is 217 Å². The molecule has 37 heavy (non-hydrogen) atoms. The molecule has 1 N–H and O–H groups in total. The molecule has 0 amide bonds. The maximum Gasteiger partial charge on any atom is 0.260 e. The van der Waals surface area contributed by atoms with Crippen molar-refractivity contribution >= 4 is 5.69 Å². The van der Waals surface area contributed by atoms with Gasteiger partial charge in [0.1, 0.15) is 11.5 Å². The summed E-state index contributed by atoms with van der Waals surface area (Å²) in [5.74, 6) is 0.777. The predicted molar refractivity (Wildman–Crippen MR) is 146 cm³/mol. The van der Waals surface area contributed by atoms with Crippen molar-refractivity contribution in [3.8, 4) is 11.5 Å². The molecule has 3 heterocycles. The van der Waals surface area contributed by atoms with E-state index >= 15 is 0 Å². The van der Waals surface area contributed by atoms with E-state index in [1.54, 1.807) is 23.9 Å². The summed E-state index contributed by atoms with van der Waals surface area (Å²) < 4.78 is 7.00. The highest BCUT2D eigenvalue weighted by Crippen LogP contribution is 2.33. The number of pyridine rings is 2. The number of aromatic nitrogens is 2. The van der Waals surface area contributed by atoms with Crippen LogP contribution in [0.5, 0.6) is 11.5 Å². The van der Waals surface area contributed by atoms with Gasteiger partial charge in [-0.3, -0.25) is 14.7 Å². The van der Waals surface area contributed by atoms with Crippen molar-refractivity contribution in [1.29, 1.82) is 0 Å². The molecule has 4 aromatic rings. The molecule has 7 heteroatoms. The molecule has 1 aliphatic heterocycles. The van der Waals surface area contributed by atoms with Gasteiger partial charge in [0.05, 0.1) is 31.0 Å². The topological polar surface area (TPSA) is 70.8 Å². The molecule has 1 fully saturated rings. The first-order chi connectivity index (χ1) is 18.0. The molecule has 1 aliphatic rings. The number of para-hydroxylation sites is 1. The van der Waals surface area contributed by atoms with Crippen molar-refractivity contribution in [3.05, 3.63) is 118 Å². The summed E-state index contributed by atoms with van der Waals surface area (Å²) >= 11 is 0. The Balaban J connectivity index is 1.50. The van der Waals surface area contributed by atoms with Crippen molar-refractivity contribution in [1.82, 2.24) is 14.5 Å². The second-order valence-electron chi connectivity index (χ2n) is 9.34. The summed E-state index contributed by atoms with van der Waals surface area (Å²) in [5.41, 5.74) is 3.80. The van der Waals surface area contributed by atoms with Crippen LogP contribution in [-0.4, -0.2) is 52.8 Å². The molecule has 1 atom stereocenters. The van der Waals surface area contributed by atoms with Crippen molar-refractivity contribution in [2.75, 3.05) is 38.2 Å². The van der Waals surface area contributed by atoms with Crippen LogP contribution in [0, 0.1) is 6.92 Å². The van der Waals surface area contributed by atoms with E-state index in [9.17, 15) is 9.90 Å². The molecular formula is C30H32N4O3. The van der Waals surface area contributed by atoms with Crippen LogP contribution in [0.2, 0.25) is 0 Å². The lowest BCUT2D eigenvalue weighted by molar-refractivity contribution is 0.204. The molecule has 0 radical (unpaired) electrons. The standard InChI is InChI=1S/C30H32N4O3/c1-22-20-27(35)28(30(36)34(22)21-23-11-13-25(37-2)14-12-23)29(26-10-6-7-15-31-26)33-18-16-32(17-19-33)24-8-4-3-5-9-24/h3-15,20,29,35H,16-19,21H2,1-2H3/t29-/m1/s1. The lowest BCUT2D eigenvalue weighted by Gasteiger charge is -2.40. The predicted octanol–water partition coefficient (Wildman–Crippen LogP) is 4.23. The number of hydrogen-bond acceptors (Lipinski definition) is 6. The lowest BCUT2D eigenvalue weighted by Crippen LogP contribution is -2.49. The zero-order chi connectivity index (χ0) is 25.8. The van der Waals surface area contributed by atoms with E-state index in [0.717, 1.165) is 43.2 Å². The van der Waals surface area contributed by atoms with Gasteiger partial charge in [-0.15, -0.1) is 0 Å². The number of methoxy groups -OCH3 is 1. The Bertz CT molecular complexity index is 1380. The molecule has 0 bridgehead atoms. The molecule has 1 saturated heterocycles. The largest absolute Gasteiger partial charge is 0.507 e. The summed E-state index contributed by atoms with van der Waals surface area (Å²) in [4.78, 5) is 23.2. The fourth-order valence-electron chi connectivity index (χ4n) is 5.07. The van der Waals surface area contributed by atoms with E-state index in [1.165, 1.54) is 5.69 Å². The van der Waals surface area contributed by atoms with Gasteiger partial charge >= 0.3 is 0 Å². The molecule has 0 spiro atoms. The second-order valence-corrected chi connectivity index (χ2v) is 9.34. The summed E-state index contributed by atoms with van der Waals surface area (Å²) in [6.45, 7) is 5.37. The van der Waals surface area contributed by atoms with Crippen molar-refractivity contribution in [2.24, 2.45) is 0 Å². The Morgan fingerprint density at radius 2 is 1.65 bits per heavy atom. The first-order valence-corrected chi connectivity index (χ1v) is 12.6. The lowest BCUT2D eigenvalue weighted by atomic mass is 9.99. The Hall–Kier alpha value is -4.10. The van der Waals surface area contributed by atoms with Crippen LogP contribution in [0.15, 0.2) is 89.9 Å². The summed E-state index contributed by atoms with van der Waals surface area (Å²) in [7, 11) is 1.63. The minimum Gasteiger partial charge on any atom is -0.507 e. The number of piperazine rings is 1. The van der Waals surface area contributed by atoms with Gasteiger partial charge in [0.2, 0.25) is 0 Å². The quantitative estimate of drug-likeness (QED) is 0.413. The third-order valence-corrected chi connectivity index (χ3v) is 7.06. The number of aryl methyl sites for hydroxylation is 1. The Morgan fingerprint density at radius 3 is 2.30 bits per heavy atom. The van der Waals surface area contributed by atoms with Crippen molar-refractivity contribution < 1.29 is 9.84 Å². The van der Waals surface area contributed by atoms with Crippen LogP contribution in [0.25, 0.3) is 0 Å². The molecule has 0 saturated carbocycles. The normalized spacial score (nSPS) is 14.9. The van der Waals surface area contributed by atoms with E-state index < -0.39 is 6.04 Å². The van der Waals surface area contributed by atoms with Crippen LogP contribution >= 0.6 is 0 Å². The van der Waals surface area contributed by atoms with Gasteiger partial charge < -0.3 is 19.3 Å². The monoisotopic (exact) mass is 496 g/mol. The van der Waals surface area contributed by atoms with Gasteiger partial charge in [-0.1, -0.05) is 36.4 Å². The van der Waals surface area contributed by atoms with E-state index in [0.29, 0.717) is 17.8 Å². The van der Waals surface area contributed by atoms with Gasteiger partial charge in [-0.2, -0.15) is 0 Å². The molecule has 2 aromatic carbocycles. The highest BCUT2D eigenvalue weighted by Gasteiger charge is 2.32. The minimum absolute atomic E-state index is 0.00891. The third kappa shape index (κ3) is 5.22. The number of hydrogen-bond donors (Lipinski definition) is 1. The molecule has 0 unspecified atom stereocenters. The summed E-state index contributed by atoms with van der Waals surface area (Å²) in [6.07, 6.45) is 1.74. The molecule has 7 nitrogen and oxygen atoms in total. The summed E-state index contributed by atoms with van der Waals surface area (Å²) in [6, 6.07) is 25.0. The molecule has 5 rings (SSSR count). The zero-order valence-corrected chi connectivity index (χ0v) is 21.2. The van der Waals surface area contributed by atoms with Crippen molar-refractivity contribution in [3.63, 3.8) is 0 Å². The van der Waals surface area contributed by atoms with E-state index in [-0.39, 0.29) is 11.3 Å². The van der Waals surface area contributed by atoms with Crippen LogP contribution in [0.4, 0.5) is 5.69 Å². The zero-order valence-electron chi connectivity index (χ0n) is 21.2. The highest BCUT2D eigenvalue weighted by molar-refractivity contribution is 5.47. The number of aromatic hydroxyl groups is 1. The maximum atomic E-state index is 14.0. The van der Waals surface area contributed by atoms with Crippen LogP contribution < -0.4 is 15.2 Å². The maximum absolute atomic E-state index is 14.0. The molecule has 2 aromatic heterocycles. The van der Waals surface area contributed by atoms with E-state index in [1.807, 2.05) is 67.6 Å². The average Bonchev–Trinajstić information content (AvgIpc) is 2.95. The van der Waals surface area contributed by atoms with E-state index in [4.69, 9.17) is 4.74 Å². The first-order valence-electron chi connectivity index (χ1n) is 12.6. The smallest absolute Gasteiger partial charge is 0.260 e. The molecular weight excluding hydrogens is 464 g/mol. The number of ether oxygens (including phenoxy) is 1. The minimum atomic E-state index is -0.450. The fraction of sp³-hybridized carbons (Fsp3) is 0.267. The van der Waals surface area contributed by atoms with Gasteiger partial charge in [0.15, 0.2) is 0 Å². The molecule has 0 aliphatic carbocycles. The van der Waals surface area contributed by atoms with Gasteiger partial charge in [0, 0.05) is 43.8 Å². The number of benzene rings is 2. The SMILES string of the molecule is COc1ccc(Cn2c(C)cc(O)c([C@@H](c3ccccn3)N3CCN(c4ccccc4)CC3)c2=O)cc1. The number of anilines is 1. The van der Waals surface area contributed by atoms with Gasteiger partial charge in [-0.05, 0) is 55.0 Å². The van der Waals surface area contributed by atoms with Crippen LogP contribution in [0.3, 0.4) is 0 Å². The average molecular weight is 497 g/mol. The Morgan fingerprint density at radius 1 is 0.946 bits per heavy atom. The molecule has 190 valence electrons. The third-order valence-electron chi connectivity index (χ3n) is 7.06. The summed E-state index contributed by atoms with van der Waals surface area (Å²) in [5, 5.41) is 11.1. The highest BCUT2D eigenvalue weighted by atomic mass is 16.5. The van der Waals surface area contributed by atoms with Gasteiger partial charge in [0.25, 0.3) is 5.56 Å². The second kappa shape index (κ2) is 10.9. The number of nitrogens with zero attached hydrogens (tertiary/aromatic N) is 4. The van der Waals surface area contributed by atoms with E-state index in [2.05, 4.69) is 26.9 Å². The van der Waals surface area contributed by atoms with Gasteiger partial charge in [-0.25, -0.2) is 0 Å². The van der Waals surface area contributed by atoms with Crippen molar-refractivity contribution in [2.45, 2.75) is 19.5 Å². The first kappa shape index (κ1) is 24.6. The Kier molecular flexibility index (Phi) is 7.23. The fourth-order valence-corrected chi connectivity index (χ4v) is 5.07. The van der Waals surface area contributed by atoms with Crippen LogP contribution in [0.1, 0.15) is 28.6 Å². The number of rotatable bonds is 7.